The number of ether oxygens (including phenoxy) is 1. The van der Waals surface area contributed by atoms with Crippen molar-refractivity contribution >= 4 is 22.3 Å². The third-order valence-electron chi connectivity index (χ3n) is 6.55. The van der Waals surface area contributed by atoms with Crippen molar-refractivity contribution in [2.45, 2.75) is 58.3 Å². The van der Waals surface area contributed by atoms with Crippen LogP contribution in [0.25, 0.3) is 10.9 Å². The summed E-state index contributed by atoms with van der Waals surface area (Å²) < 4.78 is 72.5. The summed E-state index contributed by atoms with van der Waals surface area (Å²) in [5.74, 6) is -1.01. The highest BCUT2D eigenvalue weighted by molar-refractivity contribution is 5.96. The number of pyridine rings is 1. The van der Waals surface area contributed by atoms with Gasteiger partial charge in [0.05, 0.1) is 28.4 Å². The first-order valence-electron chi connectivity index (χ1n) is 11.7. The fraction of sp³-hybridized carbons (Fsp3) is 0.423. The van der Waals surface area contributed by atoms with Gasteiger partial charge < -0.3 is 20.1 Å². The normalized spacial score (nSPS) is 16.6. The van der Waals surface area contributed by atoms with Gasteiger partial charge in [0, 0.05) is 41.5 Å². The number of halogens is 5. The van der Waals surface area contributed by atoms with Crippen LogP contribution in [0, 0.1) is 12.7 Å². The first-order valence-corrected chi connectivity index (χ1v) is 11.7. The molecule has 36 heavy (non-hydrogen) atoms. The number of hydrogen-bond acceptors (Lipinski definition) is 5. The Hall–Kier alpha value is -3.14. The fourth-order valence-electron chi connectivity index (χ4n) is 4.54. The van der Waals surface area contributed by atoms with Crippen molar-refractivity contribution in [1.29, 1.82) is 0 Å². The number of nitrogens with zero attached hydrogens (tertiary/aromatic N) is 2. The molecule has 0 bridgehead atoms. The van der Waals surface area contributed by atoms with E-state index in [2.05, 4.69) is 10.3 Å². The Morgan fingerprint density at radius 2 is 1.75 bits per heavy atom. The third kappa shape index (κ3) is 5.48. The summed E-state index contributed by atoms with van der Waals surface area (Å²) in [6, 6.07) is 8.03. The van der Waals surface area contributed by atoms with E-state index >= 15 is 0 Å². The summed E-state index contributed by atoms with van der Waals surface area (Å²) in [5, 5.41) is 14.1. The maximum Gasteiger partial charge on any atom is 0.387 e. The van der Waals surface area contributed by atoms with E-state index in [0.717, 1.165) is 6.07 Å². The number of hydrogen-bond donors (Lipinski definition) is 2. The van der Waals surface area contributed by atoms with E-state index in [0.29, 0.717) is 53.9 Å². The average Bonchev–Trinajstić information content (AvgIpc) is 2.78. The van der Waals surface area contributed by atoms with E-state index in [1.54, 1.807) is 32.9 Å². The lowest BCUT2D eigenvalue weighted by molar-refractivity contribution is -0.0496. The summed E-state index contributed by atoms with van der Waals surface area (Å²) in [6.07, 6.45) is -2.04. The zero-order chi connectivity index (χ0) is 26.2. The quantitative estimate of drug-likeness (QED) is 0.345. The Morgan fingerprint density at radius 1 is 1.08 bits per heavy atom. The number of anilines is 2. The lowest BCUT2D eigenvalue weighted by Gasteiger charge is -2.37. The van der Waals surface area contributed by atoms with Crippen molar-refractivity contribution in [3.05, 3.63) is 59.0 Å². The van der Waals surface area contributed by atoms with Gasteiger partial charge in [-0.3, -0.25) is 4.98 Å². The van der Waals surface area contributed by atoms with E-state index < -0.39 is 36.1 Å². The zero-order valence-electron chi connectivity index (χ0n) is 20.2. The number of aryl methyl sites for hydroxylation is 1. The highest BCUT2D eigenvalue weighted by Crippen LogP contribution is 2.40. The number of benzene rings is 2. The van der Waals surface area contributed by atoms with Gasteiger partial charge in [0.2, 0.25) is 0 Å². The van der Waals surface area contributed by atoms with E-state index in [1.165, 1.54) is 18.2 Å². The van der Waals surface area contributed by atoms with E-state index in [9.17, 15) is 27.1 Å². The SMILES string of the molecule is Cc1cc(N[C@H](C)c2cccc(C(F)F)c2F)c2cc(N3CCC(C)(O)CC3)c(OC(F)F)cc2n1. The first-order chi connectivity index (χ1) is 16.9. The van der Waals surface area contributed by atoms with Crippen LogP contribution in [-0.2, 0) is 0 Å². The topological polar surface area (TPSA) is 57.6 Å². The second-order valence-electron chi connectivity index (χ2n) is 9.43. The van der Waals surface area contributed by atoms with Crippen LogP contribution in [0.15, 0.2) is 36.4 Å². The Kier molecular flexibility index (Phi) is 7.26. The summed E-state index contributed by atoms with van der Waals surface area (Å²) in [6.45, 7) is 2.93. The van der Waals surface area contributed by atoms with Gasteiger partial charge >= 0.3 is 6.61 Å². The number of nitrogens with one attached hydrogen (secondary N) is 1. The van der Waals surface area contributed by atoms with Gasteiger partial charge in [0.25, 0.3) is 6.43 Å². The molecule has 0 spiro atoms. The molecule has 1 aliphatic heterocycles. The van der Waals surface area contributed by atoms with Gasteiger partial charge in [-0.1, -0.05) is 18.2 Å². The number of piperidine rings is 1. The number of alkyl halides is 4. The molecule has 194 valence electrons. The molecule has 1 fully saturated rings. The van der Waals surface area contributed by atoms with Crippen LogP contribution in [-0.4, -0.2) is 35.4 Å². The minimum Gasteiger partial charge on any atom is -0.433 e. The Labute approximate surface area is 205 Å². The van der Waals surface area contributed by atoms with Gasteiger partial charge in [-0.05, 0) is 45.7 Å². The summed E-state index contributed by atoms with van der Waals surface area (Å²) in [7, 11) is 0. The molecule has 3 aromatic rings. The van der Waals surface area contributed by atoms with Crippen LogP contribution in [0.4, 0.5) is 33.3 Å². The van der Waals surface area contributed by atoms with E-state index in [4.69, 9.17) is 4.74 Å². The predicted molar refractivity (Wildman–Crippen MR) is 129 cm³/mol. The minimum atomic E-state index is -3.04. The Morgan fingerprint density at radius 3 is 2.39 bits per heavy atom. The molecular weight excluding hydrogens is 481 g/mol. The average molecular weight is 510 g/mol. The molecule has 2 aromatic carbocycles. The molecule has 4 rings (SSSR count). The molecule has 5 nitrogen and oxygen atoms in total. The number of aromatic nitrogens is 1. The molecule has 0 radical (unpaired) electrons. The third-order valence-corrected chi connectivity index (χ3v) is 6.55. The molecule has 2 heterocycles. The van der Waals surface area contributed by atoms with Gasteiger partial charge in [-0.15, -0.1) is 0 Å². The summed E-state index contributed by atoms with van der Waals surface area (Å²) in [5.41, 5.74) is 0.486. The molecule has 1 aromatic heterocycles. The second-order valence-corrected chi connectivity index (χ2v) is 9.43. The Balaban J connectivity index is 1.76. The van der Waals surface area contributed by atoms with Gasteiger partial charge in [0.15, 0.2) is 5.75 Å². The van der Waals surface area contributed by atoms with Gasteiger partial charge in [0.1, 0.15) is 5.82 Å². The smallest absolute Gasteiger partial charge is 0.387 e. The summed E-state index contributed by atoms with van der Waals surface area (Å²) in [4.78, 5) is 6.32. The van der Waals surface area contributed by atoms with Crippen LogP contribution >= 0.6 is 0 Å². The molecule has 10 heteroatoms. The fourth-order valence-corrected chi connectivity index (χ4v) is 4.54. The van der Waals surface area contributed by atoms with Crippen molar-refractivity contribution in [3.8, 4) is 5.75 Å². The lowest BCUT2D eigenvalue weighted by atomic mass is 9.93. The molecule has 0 saturated carbocycles. The minimum absolute atomic E-state index is 0.0354. The first kappa shape index (κ1) is 25.9. The molecule has 1 aliphatic rings. The van der Waals surface area contributed by atoms with Crippen LogP contribution in [0.3, 0.4) is 0 Å². The van der Waals surface area contributed by atoms with E-state index in [1.807, 2.05) is 4.90 Å². The van der Waals surface area contributed by atoms with Crippen molar-refractivity contribution in [3.63, 3.8) is 0 Å². The molecular formula is C26H28F5N3O2. The molecule has 0 unspecified atom stereocenters. The zero-order valence-corrected chi connectivity index (χ0v) is 20.2. The largest absolute Gasteiger partial charge is 0.433 e. The second kappa shape index (κ2) is 10.1. The number of aliphatic hydroxyl groups is 1. The van der Waals surface area contributed by atoms with Crippen molar-refractivity contribution < 1.29 is 31.8 Å². The molecule has 2 N–H and O–H groups in total. The van der Waals surface area contributed by atoms with Gasteiger partial charge in [-0.25, -0.2) is 13.2 Å². The van der Waals surface area contributed by atoms with Crippen molar-refractivity contribution in [2.24, 2.45) is 0 Å². The highest BCUT2D eigenvalue weighted by Gasteiger charge is 2.30. The maximum absolute atomic E-state index is 14.8. The molecule has 1 atom stereocenters. The maximum atomic E-state index is 14.8. The Bertz CT molecular complexity index is 1240. The molecule has 0 aliphatic carbocycles. The van der Waals surface area contributed by atoms with Gasteiger partial charge in [-0.2, -0.15) is 8.78 Å². The van der Waals surface area contributed by atoms with Crippen LogP contribution in [0.1, 0.15) is 56.0 Å². The van der Waals surface area contributed by atoms with Crippen molar-refractivity contribution in [2.75, 3.05) is 23.3 Å². The predicted octanol–water partition coefficient (Wildman–Crippen LogP) is 6.75. The van der Waals surface area contributed by atoms with E-state index in [-0.39, 0.29) is 11.3 Å². The lowest BCUT2D eigenvalue weighted by Crippen LogP contribution is -2.42. The van der Waals surface area contributed by atoms with Crippen LogP contribution in [0.2, 0.25) is 0 Å². The highest BCUT2D eigenvalue weighted by atomic mass is 19.3. The summed E-state index contributed by atoms with van der Waals surface area (Å²) >= 11 is 0. The van der Waals surface area contributed by atoms with Crippen molar-refractivity contribution in [1.82, 2.24) is 4.98 Å². The monoisotopic (exact) mass is 509 g/mol. The van der Waals surface area contributed by atoms with Crippen LogP contribution < -0.4 is 15.0 Å². The molecule has 1 saturated heterocycles. The number of fused-ring (bicyclic) bond motifs is 1. The number of rotatable bonds is 7. The standard InChI is InChI=1S/C26H28F5N3O2/c1-14-11-19(33-15(2)16-5-4-6-17(23(16)27)24(28)29)18-12-21(34-9-7-26(3,35)8-10-34)22(36-25(30)31)13-20(18)32-14/h4-6,11-13,15,24-25,35H,7-10H2,1-3H3,(H,32,33)/t15-/m1/s1. The van der Waals surface area contributed by atoms with Crippen LogP contribution in [0.5, 0.6) is 5.75 Å². The molecule has 0 amide bonds.